The molecule has 0 radical (unpaired) electrons. The molecular formula is C24H26ClNO7. The van der Waals surface area contributed by atoms with Crippen molar-refractivity contribution in [1.82, 2.24) is 5.32 Å². The minimum absolute atomic E-state index is 0.355. The van der Waals surface area contributed by atoms with Gasteiger partial charge in [-0.05, 0) is 54.8 Å². The van der Waals surface area contributed by atoms with Gasteiger partial charge in [-0.25, -0.2) is 4.79 Å². The Morgan fingerprint density at radius 2 is 1.94 bits per heavy atom. The number of hydrogen-bond acceptors (Lipinski definition) is 7. The van der Waals surface area contributed by atoms with Crippen LogP contribution in [0.15, 0.2) is 36.4 Å². The predicted molar refractivity (Wildman–Crippen MR) is 123 cm³/mol. The second kappa shape index (κ2) is 12.0. The lowest BCUT2D eigenvalue weighted by Gasteiger charge is -2.18. The number of esters is 1. The lowest BCUT2D eigenvalue weighted by molar-refractivity contribution is -0.143. The number of amides is 1. The van der Waals surface area contributed by atoms with Crippen molar-refractivity contribution in [2.45, 2.75) is 13.3 Å². The molecule has 0 spiro atoms. The number of methoxy groups -OCH3 is 1. The van der Waals surface area contributed by atoms with E-state index in [0.29, 0.717) is 60.6 Å². The molecule has 2 aromatic carbocycles. The topological polar surface area (TPSA) is 92.3 Å². The van der Waals surface area contributed by atoms with Crippen LogP contribution in [0.3, 0.4) is 0 Å². The predicted octanol–water partition coefficient (Wildman–Crippen LogP) is 3.43. The number of halogens is 1. The van der Waals surface area contributed by atoms with E-state index in [1.54, 1.807) is 12.1 Å². The van der Waals surface area contributed by atoms with Crippen LogP contribution in [0.1, 0.15) is 18.1 Å². The summed E-state index contributed by atoms with van der Waals surface area (Å²) in [5.74, 6) is 1.28. The van der Waals surface area contributed by atoms with Crippen LogP contribution >= 0.6 is 11.6 Å². The summed E-state index contributed by atoms with van der Waals surface area (Å²) in [5, 5.41) is 3.08. The van der Waals surface area contributed by atoms with Gasteiger partial charge < -0.3 is 29.0 Å². The van der Waals surface area contributed by atoms with E-state index in [9.17, 15) is 9.59 Å². The molecule has 9 heteroatoms. The molecule has 0 atom stereocenters. The standard InChI is InChI=1S/C24H26ClNO7/c1-3-30-21-14-17(12-18(25)24(21)29-2)5-7-23(28)33-15-22(27)26-9-8-16-4-6-19-20(13-16)32-11-10-31-19/h4-7,12-14H,3,8-11,15H2,1-2H3,(H,26,27)/b7-5-. The van der Waals surface area contributed by atoms with Gasteiger partial charge in [0, 0.05) is 12.6 Å². The van der Waals surface area contributed by atoms with Gasteiger partial charge in [0.05, 0.1) is 18.7 Å². The maximum atomic E-state index is 12.0. The molecule has 0 unspecified atom stereocenters. The monoisotopic (exact) mass is 475 g/mol. The Labute approximate surface area is 197 Å². The maximum absolute atomic E-state index is 12.0. The Morgan fingerprint density at radius 3 is 2.70 bits per heavy atom. The highest BCUT2D eigenvalue weighted by molar-refractivity contribution is 6.32. The molecule has 0 aliphatic carbocycles. The quantitative estimate of drug-likeness (QED) is 0.415. The number of carbonyl (C=O) groups excluding carboxylic acids is 2. The zero-order valence-electron chi connectivity index (χ0n) is 18.5. The Balaban J connectivity index is 1.43. The van der Waals surface area contributed by atoms with Gasteiger partial charge in [-0.15, -0.1) is 0 Å². The van der Waals surface area contributed by atoms with Crippen LogP contribution in [0.2, 0.25) is 5.02 Å². The van der Waals surface area contributed by atoms with Crippen LogP contribution in [-0.4, -0.2) is 52.0 Å². The first kappa shape index (κ1) is 24.3. The van der Waals surface area contributed by atoms with Crippen LogP contribution < -0.4 is 24.3 Å². The highest BCUT2D eigenvalue weighted by atomic mass is 35.5. The molecule has 0 saturated heterocycles. The normalized spacial score (nSPS) is 12.3. The minimum Gasteiger partial charge on any atom is -0.491 e. The molecule has 0 bridgehead atoms. The third-order valence-corrected chi connectivity index (χ3v) is 4.92. The number of ether oxygens (including phenoxy) is 5. The van der Waals surface area contributed by atoms with Crippen LogP contribution in [0.5, 0.6) is 23.0 Å². The van der Waals surface area contributed by atoms with Gasteiger partial charge in [-0.3, -0.25) is 4.79 Å². The summed E-state index contributed by atoms with van der Waals surface area (Å²) >= 11 is 6.19. The molecule has 176 valence electrons. The van der Waals surface area contributed by atoms with Crippen molar-refractivity contribution < 1.29 is 33.3 Å². The molecule has 0 fully saturated rings. The van der Waals surface area contributed by atoms with E-state index in [-0.39, 0.29) is 12.5 Å². The van der Waals surface area contributed by atoms with Crippen molar-refractivity contribution in [3.63, 3.8) is 0 Å². The summed E-state index contributed by atoms with van der Waals surface area (Å²) in [4.78, 5) is 23.9. The van der Waals surface area contributed by atoms with E-state index in [1.165, 1.54) is 19.3 Å². The average molecular weight is 476 g/mol. The Bertz CT molecular complexity index is 1020. The maximum Gasteiger partial charge on any atom is 0.331 e. The highest BCUT2D eigenvalue weighted by Crippen LogP contribution is 2.36. The van der Waals surface area contributed by atoms with Gasteiger partial charge in [0.1, 0.15) is 13.2 Å². The Morgan fingerprint density at radius 1 is 1.15 bits per heavy atom. The summed E-state index contributed by atoms with van der Waals surface area (Å²) in [7, 11) is 1.50. The van der Waals surface area contributed by atoms with Crippen LogP contribution in [0.4, 0.5) is 0 Å². The first-order valence-electron chi connectivity index (χ1n) is 10.5. The Hall–Kier alpha value is -3.39. The van der Waals surface area contributed by atoms with Crippen LogP contribution in [0.25, 0.3) is 6.08 Å². The molecule has 1 heterocycles. The highest BCUT2D eigenvalue weighted by Gasteiger charge is 2.13. The summed E-state index contributed by atoms with van der Waals surface area (Å²) in [6, 6.07) is 9.01. The molecule has 0 aromatic heterocycles. The second-order valence-corrected chi connectivity index (χ2v) is 7.39. The van der Waals surface area contributed by atoms with Crippen molar-refractivity contribution in [3.05, 3.63) is 52.6 Å². The molecule has 8 nitrogen and oxygen atoms in total. The summed E-state index contributed by atoms with van der Waals surface area (Å²) in [5.41, 5.74) is 1.63. The van der Waals surface area contributed by atoms with E-state index in [2.05, 4.69) is 5.32 Å². The zero-order valence-corrected chi connectivity index (χ0v) is 19.3. The number of hydrogen-bond donors (Lipinski definition) is 1. The third-order valence-electron chi connectivity index (χ3n) is 4.64. The largest absolute Gasteiger partial charge is 0.491 e. The first-order valence-corrected chi connectivity index (χ1v) is 10.9. The van der Waals surface area contributed by atoms with Crippen molar-refractivity contribution >= 4 is 29.6 Å². The molecule has 1 amide bonds. The van der Waals surface area contributed by atoms with E-state index in [1.807, 2.05) is 25.1 Å². The van der Waals surface area contributed by atoms with E-state index < -0.39 is 5.97 Å². The molecule has 0 saturated carbocycles. The van der Waals surface area contributed by atoms with Crippen molar-refractivity contribution in [2.75, 3.05) is 40.1 Å². The fraction of sp³-hybridized carbons (Fsp3) is 0.333. The fourth-order valence-electron chi connectivity index (χ4n) is 3.13. The molecule has 1 aliphatic rings. The summed E-state index contributed by atoms with van der Waals surface area (Å²) in [6.45, 7) is 3.36. The Kier molecular flexibility index (Phi) is 8.83. The number of fused-ring (bicyclic) bond motifs is 1. The van der Waals surface area contributed by atoms with Crippen molar-refractivity contribution in [3.8, 4) is 23.0 Å². The van der Waals surface area contributed by atoms with Gasteiger partial charge in [-0.1, -0.05) is 17.7 Å². The number of benzene rings is 2. The number of nitrogens with one attached hydrogen (secondary N) is 1. The summed E-state index contributed by atoms with van der Waals surface area (Å²) in [6.07, 6.45) is 3.35. The summed E-state index contributed by atoms with van der Waals surface area (Å²) < 4.78 is 26.8. The van der Waals surface area contributed by atoms with Gasteiger partial charge in [0.2, 0.25) is 0 Å². The number of carbonyl (C=O) groups is 2. The van der Waals surface area contributed by atoms with Crippen molar-refractivity contribution in [1.29, 1.82) is 0 Å². The van der Waals surface area contributed by atoms with E-state index in [4.69, 9.17) is 35.3 Å². The lowest BCUT2D eigenvalue weighted by Crippen LogP contribution is -2.30. The SMILES string of the molecule is CCOc1cc(/C=C\C(=O)OCC(=O)NCCc2ccc3c(c2)OCCO3)cc(Cl)c1OC. The molecule has 1 N–H and O–H groups in total. The minimum atomic E-state index is -0.651. The average Bonchev–Trinajstić information content (AvgIpc) is 2.81. The van der Waals surface area contributed by atoms with Gasteiger partial charge in [0.15, 0.2) is 29.6 Å². The van der Waals surface area contributed by atoms with Crippen molar-refractivity contribution in [2.24, 2.45) is 0 Å². The molecule has 1 aliphatic heterocycles. The van der Waals surface area contributed by atoms with Gasteiger partial charge in [0.25, 0.3) is 5.91 Å². The van der Waals surface area contributed by atoms with Crippen LogP contribution in [0, 0.1) is 0 Å². The molecule has 33 heavy (non-hydrogen) atoms. The van der Waals surface area contributed by atoms with Gasteiger partial charge in [-0.2, -0.15) is 0 Å². The van der Waals surface area contributed by atoms with Gasteiger partial charge >= 0.3 is 5.97 Å². The number of rotatable bonds is 10. The smallest absolute Gasteiger partial charge is 0.331 e. The molecule has 3 rings (SSSR count). The fourth-order valence-corrected chi connectivity index (χ4v) is 3.43. The molecular weight excluding hydrogens is 450 g/mol. The lowest BCUT2D eigenvalue weighted by atomic mass is 10.1. The third kappa shape index (κ3) is 7.05. The second-order valence-electron chi connectivity index (χ2n) is 6.99. The zero-order chi connectivity index (χ0) is 23.6. The van der Waals surface area contributed by atoms with Crippen LogP contribution in [-0.2, 0) is 20.7 Å². The molecule has 2 aromatic rings. The first-order chi connectivity index (χ1) is 16.0. The van der Waals surface area contributed by atoms with E-state index in [0.717, 1.165) is 11.3 Å². The van der Waals surface area contributed by atoms with E-state index >= 15 is 0 Å².